The highest BCUT2D eigenvalue weighted by molar-refractivity contribution is 9.10. The van der Waals surface area contributed by atoms with Gasteiger partial charge in [0, 0.05) is 4.47 Å². The van der Waals surface area contributed by atoms with E-state index in [9.17, 15) is 19.2 Å². The van der Waals surface area contributed by atoms with Gasteiger partial charge in [-0.3, -0.25) is 14.9 Å². The molecule has 0 saturated carbocycles. The number of carbonyl (C=O) groups excluding carboxylic acids is 3. The van der Waals surface area contributed by atoms with E-state index >= 15 is 0 Å². The van der Waals surface area contributed by atoms with Crippen molar-refractivity contribution in [3.63, 3.8) is 0 Å². The summed E-state index contributed by atoms with van der Waals surface area (Å²) in [5.41, 5.74) is 2.43. The number of aryl methyl sites for hydroxylation is 1. The molecule has 4 amide bonds. The van der Waals surface area contributed by atoms with Gasteiger partial charge in [-0.05, 0) is 82.0 Å². The number of ether oxygens (including phenoxy) is 2. The Labute approximate surface area is 220 Å². The standard InChI is InChI=1S/C27H21BrN2O7/c1-15-3-9-21(20(28)11-15)30-25(32)19(24(31)29-27(30)35)12-17-6-10-22(23(13-17)36-2)37-14-16-4-7-18(8-5-16)26(33)34/h3-13H,14H2,1-2H3,(H,33,34)(H,29,31,35)/b19-12-. The first kappa shape index (κ1) is 25.6. The smallest absolute Gasteiger partial charge is 0.335 e. The molecule has 4 rings (SSSR count). The predicted molar refractivity (Wildman–Crippen MR) is 139 cm³/mol. The Morgan fingerprint density at radius 3 is 2.41 bits per heavy atom. The zero-order valence-electron chi connectivity index (χ0n) is 19.8. The van der Waals surface area contributed by atoms with Gasteiger partial charge in [-0.25, -0.2) is 14.5 Å². The van der Waals surface area contributed by atoms with Crippen LogP contribution in [0.25, 0.3) is 6.08 Å². The summed E-state index contributed by atoms with van der Waals surface area (Å²) >= 11 is 3.37. The molecule has 1 aliphatic rings. The van der Waals surface area contributed by atoms with E-state index in [0.29, 0.717) is 27.2 Å². The number of carboxylic acids is 1. The van der Waals surface area contributed by atoms with Crippen LogP contribution in [0.4, 0.5) is 10.5 Å². The Hall–Kier alpha value is -4.44. The number of hydrogen-bond donors (Lipinski definition) is 2. The van der Waals surface area contributed by atoms with Crippen molar-refractivity contribution >= 4 is 51.5 Å². The first-order chi connectivity index (χ1) is 17.7. The minimum atomic E-state index is -1.01. The van der Waals surface area contributed by atoms with Crippen LogP contribution >= 0.6 is 15.9 Å². The predicted octanol–water partition coefficient (Wildman–Crippen LogP) is 4.71. The number of carboxylic acid groups (broad SMARTS) is 1. The lowest BCUT2D eigenvalue weighted by atomic mass is 10.1. The lowest BCUT2D eigenvalue weighted by Gasteiger charge is -2.27. The molecule has 37 heavy (non-hydrogen) atoms. The number of urea groups is 1. The highest BCUT2D eigenvalue weighted by atomic mass is 79.9. The van der Waals surface area contributed by atoms with Gasteiger partial charge in [-0.2, -0.15) is 0 Å². The molecule has 0 unspecified atom stereocenters. The Bertz CT molecular complexity index is 1450. The van der Waals surface area contributed by atoms with Crippen molar-refractivity contribution in [1.82, 2.24) is 5.32 Å². The summed E-state index contributed by atoms with van der Waals surface area (Å²) < 4.78 is 11.8. The van der Waals surface area contributed by atoms with E-state index in [1.807, 2.05) is 6.92 Å². The molecule has 0 atom stereocenters. The van der Waals surface area contributed by atoms with E-state index in [4.69, 9.17) is 14.6 Å². The minimum Gasteiger partial charge on any atom is -0.493 e. The monoisotopic (exact) mass is 564 g/mol. The van der Waals surface area contributed by atoms with Crippen LogP contribution in [0.5, 0.6) is 11.5 Å². The maximum Gasteiger partial charge on any atom is 0.335 e. The average molecular weight is 565 g/mol. The van der Waals surface area contributed by atoms with Crippen molar-refractivity contribution in [3.05, 3.63) is 93.0 Å². The summed E-state index contributed by atoms with van der Waals surface area (Å²) in [6.45, 7) is 2.04. The summed E-state index contributed by atoms with van der Waals surface area (Å²) in [5, 5.41) is 11.2. The van der Waals surface area contributed by atoms with Crippen LogP contribution in [0, 0.1) is 6.92 Å². The Morgan fingerprint density at radius 1 is 1.03 bits per heavy atom. The molecule has 0 spiro atoms. The SMILES string of the molecule is COc1cc(/C=C2/C(=O)NC(=O)N(c3ccc(C)cc3Br)C2=O)ccc1OCc1ccc(C(=O)O)cc1. The van der Waals surface area contributed by atoms with Crippen LogP contribution in [0.15, 0.2) is 70.7 Å². The van der Waals surface area contributed by atoms with Crippen LogP contribution in [0.3, 0.4) is 0 Å². The fraction of sp³-hybridized carbons (Fsp3) is 0.111. The fourth-order valence-corrected chi connectivity index (χ4v) is 4.30. The van der Waals surface area contributed by atoms with E-state index in [0.717, 1.165) is 16.0 Å². The van der Waals surface area contributed by atoms with E-state index in [2.05, 4.69) is 21.2 Å². The van der Waals surface area contributed by atoms with Crippen molar-refractivity contribution in [2.75, 3.05) is 12.0 Å². The quantitative estimate of drug-likeness (QED) is 0.314. The maximum atomic E-state index is 13.2. The van der Waals surface area contributed by atoms with Gasteiger partial charge in [-0.15, -0.1) is 0 Å². The molecular formula is C27H21BrN2O7. The number of anilines is 1. The van der Waals surface area contributed by atoms with E-state index in [1.165, 1.54) is 25.3 Å². The molecule has 1 fully saturated rings. The number of carbonyl (C=O) groups is 4. The summed E-state index contributed by atoms with van der Waals surface area (Å²) in [6, 6.07) is 15.4. The van der Waals surface area contributed by atoms with Crippen molar-refractivity contribution in [3.8, 4) is 11.5 Å². The number of nitrogens with one attached hydrogen (secondary N) is 1. The van der Waals surface area contributed by atoms with Crippen molar-refractivity contribution in [1.29, 1.82) is 0 Å². The minimum absolute atomic E-state index is 0.167. The Balaban J connectivity index is 1.57. The third-order valence-corrected chi connectivity index (χ3v) is 6.17. The number of barbiturate groups is 1. The van der Waals surface area contributed by atoms with Gasteiger partial charge in [0.05, 0.1) is 18.4 Å². The Morgan fingerprint density at radius 2 is 1.76 bits per heavy atom. The average Bonchev–Trinajstić information content (AvgIpc) is 2.87. The molecule has 0 radical (unpaired) electrons. The third-order valence-electron chi connectivity index (χ3n) is 5.54. The van der Waals surface area contributed by atoms with E-state index in [1.54, 1.807) is 48.5 Å². The van der Waals surface area contributed by atoms with Crippen molar-refractivity contribution in [2.24, 2.45) is 0 Å². The van der Waals surface area contributed by atoms with Crippen molar-refractivity contribution in [2.45, 2.75) is 13.5 Å². The van der Waals surface area contributed by atoms with Crippen LogP contribution in [0.1, 0.15) is 27.0 Å². The second-order valence-corrected chi connectivity index (χ2v) is 8.97. The van der Waals surface area contributed by atoms with Crippen LogP contribution < -0.4 is 19.7 Å². The van der Waals surface area contributed by atoms with Crippen LogP contribution in [-0.2, 0) is 16.2 Å². The van der Waals surface area contributed by atoms with Crippen LogP contribution in [0.2, 0.25) is 0 Å². The third kappa shape index (κ3) is 5.54. The molecule has 1 aliphatic heterocycles. The molecule has 10 heteroatoms. The van der Waals surface area contributed by atoms with Crippen molar-refractivity contribution < 1.29 is 33.8 Å². The summed E-state index contributed by atoms with van der Waals surface area (Å²) in [4.78, 5) is 50.1. The molecule has 1 heterocycles. The molecule has 188 valence electrons. The largest absolute Gasteiger partial charge is 0.493 e. The number of nitrogens with zero attached hydrogens (tertiary/aromatic N) is 1. The number of hydrogen-bond acceptors (Lipinski definition) is 6. The van der Waals surface area contributed by atoms with Gasteiger partial charge in [0.2, 0.25) is 0 Å². The molecule has 3 aromatic rings. The first-order valence-corrected chi connectivity index (χ1v) is 11.8. The summed E-state index contributed by atoms with van der Waals surface area (Å²) in [6.07, 6.45) is 1.37. The molecular weight excluding hydrogens is 544 g/mol. The molecule has 0 bridgehead atoms. The number of halogens is 1. The molecule has 0 aliphatic carbocycles. The zero-order chi connectivity index (χ0) is 26.7. The second kappa shape index (κ2) is 10.7. The summed E-state index contributed by atoms with van der Waals surface area (Å²) in [7, 11) is 1.45. The molecule has 2 N–H and O–H groups in total. The first-order valence-electron chi connectivity index (χ1n) is 11.0. The molecule has 0 aromatic heterocycles. The number of benzene rings is 3. The topological polar surface area (TPSA) is 122 Å². The second-order valence-electron chi connectivity index (χ2n) is 8.11. The van der Waals surface area contributed by atoms with E-state index in [-0.39, 0.29) is 17.7 Å². The normalized spacial score (nSPS) is 14.5. The number of rotatable bonds is 7. The molecule has 3 aromatic carbocycles. The van der Waals surface area contributed by atoms with Gasteiger partial charge in [0.1, 0.15) is 12.2 Å². The van der Waals surface area contributed by atoms with E-state index < -0.39 is 23.8 Å². The highest BCUT2D eigenvalue weighted by Crippen LogP contribution is 2.32. The van der Waals surface area contributed by atoms with Gasteiger partial charge in [0.15, 0.2) is 11.5 Å². The molecule has 1 saturated heterocycles. The molecule has 9 nitrogen and oxygen atoms in total. The van der Waals surface area contributed by atoms with Gasteiger partial charge in [-0.1, -0.05) is 24.3 Å². The van der Waals surface area contributed by atoms with Gasteiger partial charge >= 0.3 is 12.0 Å². The lowest BCUT2D eigenvalue weighted by molar-refractivity contribution is -0.122. The lowest BCUT2D eigenvalue weighted by Crippen LogP contribution is -2.54. The number of methoxy groups -OCH3 is 1. The fourth-order valence-electron chi connectivity index (χ4n) is 3.63. The van der Waals surface area contributed by atoms with Gasteiger partial charge < -0.3 is 14.6 Å². The highest BCUT2D eigenvalue weighted by Gasteiger charge is 2.37. The number of amides is 4. The number of aromatic carboxylic acids is 1. The van der Waals surface area contributed by atoms with Gasteiger partial charge in [0.25, 0.3) is 11.8 Å². The Kier molecular flexibility index (Phi) is 7.40. The zero-order valence-corrected chi connectivity index (χ0v) is 21.4. The summed E-state index contributed by atoms with van der Waals surface area (Å²) in [5.74, 6) is -1.81. The maximum absolute atomic E-state index is 13.2. The number of imide groups is 2. The van der Waals surface area contributed by atoms with Crippen LogP contribution in [-0.4, -0.2) is 36.0 Å².